The number of hydrogen-bond acceptors (Lipinski definition) is 4. The van der Waals surface area contributed by atoms with Gasteiger partial charge in [0.15, 0.2) is 5.16 Å². The van der Waals surface area contributed by atoms with E-state index >= 15 is 0 Å². The summed E-state index contributed by atoms with van der Waals surface area (Å²) < 4.78 is 1.99. The molecule has 8 heteroatoms. The third kappa shape index (κ3) is 3.24. The molecule has 1 aromatic rings. The highest BCUT2D eigenvalue weighted by atomic mass is 32.2. The first-order chi connectivity index (χ1) is 11.5. The van der Waals surface area contributed by atoms with E-state index < -0.39 is 0 Å². The van der Waals surface area contributed by atoms with Gasteiger partial charge < -0.3 is 19.7 Å². The quantitative estimate of drug-likeness (QED) is 0.833. The summed E-state index contributed by atoms with van der Waals surface area (Å²) >= 11 is 1.58. The van der Waals surface area contributed by atoms with Gasteiger partial charge in [-0.25, -0.2) is 9.78 Å². The zero-order valence-corrected chi connectivity index (χ0v) is 15.3. The molecular formula is C16H25N5O2S. The van der Waals surface area contributed by atoms with Gasteiger partial charge in [0, 0.05) is 33.2 Å². The summed E-state index contributed by atoms with van der Waals surface area (Å²) in [6, 6.07) is 0.0393. The maximum absolute atomic E-state index is 12.6. The number of carbonyl (C=O) groups excluding carboxylic acids is 2. The highest BCUT2D eigenvalue weighted by Crippen LogP contribution is 2.26. The second kappa shape index (κ2) is 7.04. The van der Waals surface area contributed by atoms with Crippen molar-refractivity contribution in [1.29, 1.82) is 0 Å². The Labute approximate surface area is 146 Å². The van der Waals surface area contributed by atoms with E-state index in [0.717, 1.165) is 30.1 Å². The third-order valence-corrected chi connectivity index (χ3v) is 5.88. The molecule has 0 aliphatic carbocycles. The fourth-order valence-electron chi connectivity index (χ4n) is 3.59. The standard InChI is InChI=1S/C16H25N5O2S/c1-19-12-6-4-5-11(14(19)22)9-21(10-12)15(23)17-7-13-8-18-16(24-3)20(13)2/h8,11-12H,4-7,9-10H2,1-3H3,(H,17,23)/t11-,12+/m1/s1. The van der Waals surface area contributed by atoms with Crippen LogP contribution in [0.25, 0.3) is 0 Å². The molecule has 2 bridgehead atoms. The van der Waals surface area contributed by atoms with Crippen LogP contribution in [-0.4, -0.2) is 63.7 Å². The zero-order chi connectivity index (χ0) is 17.3. The van der Waals surface area contributed by atoms with Gasteiger partial charge in [-0.1, -0.05) is 18.2 Å². The zero-order valence-electron chi connectivity index (χ0n) is 14.5. The van der Waals surface area contributed by atoms with Crippen molar-refractivity contribution in [2.24, 2.45) is 13.0 Å². The van der Waals surface area contributed by atoms with Crippen molar-refractivity contribution in [3.05, 3.63) is 11.9 Å². The largest absolute Gasteiger partial charge is 0.341 e. The van der Waals surface area contributed by atoms with E-state index in [-0.39, 0.29) is 23.9 Å². The predicted octanol–water partition coefficient (Wildman–Crippen LogP) is 1.29. The molecule has 3 heterocycles. The molecule has 3 rings (SSSR count). The van der Waals surface area contributed by atoms with E-state index in [9.17, 15) is 9.59 Å². The van der Waals surface area contributed by atoms with Crippen LogP contribution < -0.4 is 5.32 Å². The average Bonchev–Trinajstić information content (AvgIpc) is 2.79. The summed E-state index contributed by atoms with van der Waals surface area (Å²) in [5, 5.41) is 3.91. The van der Waals surface area contributed by atoms with Gasteiger partial charge in [0.2, 0.25) is 5.91 Å². The Kier molecular flexibility index (Phi) is 5.03. The van der Waals surface area contributed by atoms with E-state index in [1.807, 2.05) is 34.7 Å². The lowest BCUT2D eigenvalue weighted by atomic mass is 9.99. The topological polar surface area (TPSA) is 70.5 Å². The number of hydrogen-bond donors (Lipinski definition) is 1. The van der Waals surface area contributed by atoms with Crippen molar-refractivity contribution in [2.75, 3.05) is 26.4 Å². The van der Waals surface area contributed by atoms with E-state index in [1.54, 1.807) is 18.0 Å². The maximum atomic E-state index is 12.6. The Morgan fingerprint density at radius 1 is 1.38 bits per heavy atom. The molecule has 132 valence electrons. The molecule has 0 radical (unpaired) electrons. The van der Waals surface area contributed by atoms with Gasteiger partial charge in [-0.05, 0) is 19.1 Å². The van der Waals surface area contributed by atoms with Crippen LogP contribution in [0.1, 0.15) is 25.0 Å². The van der Waals surface area contributed by atoms with Crippen molar-refractivity contribution in [2.45, 2.75) is 37.0 Å². The van der Waals surface area contributed by atoms with Gasteiger partial charge >= 0.3 is 6.03 Å². The highest BCUT2D eigenvalue weighted by Gasteiger charge is 2.37. The number of nitrogens with one attached hydrogen (secondary N) is 1. The van der Waals surface area contributed by atoms with Gasteiger partial charge in [-0.3, -0.25) is 4.79 Å². The number of urea groups is 1. The minimum atomic E-state index is -0.0955. The van der Waals surface area contributed by atoms with Gasteiger partial charge in [-0.15, -0.1) is 0 Å². The molecule has 0 spiro atoms. The molecule has 2 aliphatic rings. The van der Waals surface area contributed by atoms with Crippen molar-refractivity contribution < 1.29 is 9.59 Å². The summed E-state index contributed by atoms with van der Waals surface area (Å²) in [6.45, 7) is 1.58. The Hall–Kier alpha value is -1.70. The molecule has 2 aliphatic heterocycles. The summed E-state index contributed by atoms with van der Waals surface area (Å²) in [5.41, 5.74) is 0.968. The molecule has 3 amide bonds. The number of amides is 3. The van der Waals surface area contributed by atoms with E-state index in [4.69, 9.17) is 0 Å². The minimum absolute atomic E-state index is 0.0620. The fourth-order valence-corrected chi connectivity index (χ4v) is 4.14. The fraction of sp³-hybridized carbons (Fsp3) is 0.688. The Bertz CT molecular complexity index is 632. The second-order valence-electron chi connectivity index (χ2n) is 6.59. The monoisotopic (exact) mass is 351 g/mol. The molecule has 0 aromatic carbocycles. The number of carbonyl (C=O) groups is 2. The van der Waals surface area contributed by atoms with Crippen molar-refractivity contribution in [3.63, 3.8) is 0 Å². The minimum Gasteiger partial charge on any atom is -0.341 e. The van der Waals surface area contributed by atoms with Crippen LogP contribution in [0.4, 0.5) is 4.79 Å². The average molecular weight is 351 g/mol. The van der Waals surface area contributed by atoms with E-state index in [0.29, 0.717) is 19.6 Å². The number of imidazole rings is 1. The Balaban J connectivity index is 1.64. The molecule has 2 saturated heterocycles. The lowest BCUT2D eigenvalue weighted by Crippen LogP contribution is -2.46. The number of aromatic nitrogens is 2. The van der Waals surface area contributed by atoms with Crippen LogP contribution in [0.15, 0.2) is 11.4 Å². The van der Waals surface area contributed by atoms with Crippen molar-refractivity contribution in [3.8, 4) is 0 Å². The number of likely N-dealkylation sites (tertiary alicyclic amines) is 1. The van der Waals surface area contributed by atoms with Crippen LogP contribution >= 0.6 is 11.8 Å². The smallest absolute Gasteiger partial charge is 0.317 e. The lowest BCUT2D eigenvalue weighted by Gasteiger charge is -2.29. The molecule has 2 atom stereocenters. The Morgan fingerprint density at radius 2 is 2.17 bits per heavy atom. The van der Waals surface area contributed by atoms with Gasteiger partial charge in [-0.2, -0.15) is 0 Å². The Morgan fingerprint density at radius 3 is 2.88 bits per heavy atom. The van der Waals surface area contributed by atoms with Gasteiger partial charge in [0.05, 0.1) is 24.4 Å². The SMILES string of the molecule is CSc1ncc(CNC(=O)N2C[C@H]3CCC[C@@H](C2)N(C)C3=O)n1C. The predicted molar refractivity (Wildman–Crippen MR) is 92.7 cm³/mol. The van der Waals surface area contributed by atoms with Gasteiger partial charge in [0.1, 0.15) is 0 Å². The van der Waals surface area contributed by atoms with Crippen LogP contribution in [0, 0.1) is 5.92 Å². The summed E-state index contributed by atoms with van der Waals surface area (Å²) in [7, 11) is 3.82. The molecular weight excluding hydrogens is 326 g/mol. The molecule has 1 aromatic heterocycles. The summed E-state index contributed by atoms with van der Waals surface area (Å²) in [5.74, 6) is 0.122. The molecule has 7 nitrogen and oxygen atoms in total. The van der Waals surface area contributed by atoms with Crippen molar-refractivity contribution in [1.82, 2.24) is 24.7 Å². The number of likely N-dealkylation sites (N-methyl/N-ethyl adjacent to an activating group) is 1. The van der Waals surface area contributed by atoms with Gasteiger partial charge in [0.25, 0.3) is 0 Å². The molecule has 0 saturated carbocycles. The van der Waals surface area contributed by atoms with Crippen molar-refractivity contribution >= 4 is 23.7 Å². The third-order valence-electron chi connectivity index (χ3n) is 5.14. The van der Waals surface area contributed by atoms with Crippen LogP contribution in [0.5, 0.6) is 0 Å². The number of thioether (sulfide) groups is 1. The van der Waals surface area contributed by atoms with Crippen LogP contribution in [-0.2, 0) is 18.4 Å². The molecule has 0 unspecified atom stereocenters. The normalized spacial score (nSPS) is 24.0. The number of rotatable bonds is 3. The summed E-state index contributed by atoms with van der Waals surface area (Å²) in [4.78, 5) is 33.0. The lowest BCUT2D eigenvalue weighted by molar-refractivity contribution is -0.134. The number of nitrogens with zero attached hydrogens (tertiary/aromatic N) is 4. The number of fused-ring (bicyclic) bond motifs is 3. The first-order valence-electron chi connectivity index (χ1n) is 8.35. The maximum Gasteiger partial charge on any atom is 0.317 e. The summed E-state index contributed by atoms with van der Waals surface area (Å²) in [6.07, 6.45) is 6.69. The first kappa shape index (κ1) is 17.1. The molecule has 1 N–H and O–H groups in total. The highest BCUT2D eigenvalue weighted by molar-refractivity contribution is 7.98. The second-order valence-corrected chi connectivity index (χ2v) is 7.36. The van der Waals surface area contributed by atoms with E-state index in [1.165, 1.54) is 0 Å². The van der Waals surface area contributed by atoms with E-state index in [2.05, 4.69) is 10.3 Å². The van der Waals surface area contributed by atoms with Crippen LogP contribution in [0.2, 0.25) is 0 Å². The van der Waals surface area contributed by atoms with Crippen LogP contribution in [0.3, 0.4) is 0 Å². The first-order valence-corrected chi connectivity index (χ1v) is 9.57. The molecule has 24 heavy (non-hydrogen) atoms. The molecule has 2 fully saturated rings.